The van der Waals surface area contributed by atoms with E-state index in [1.165, 1.54) is 0 Å². The minimum Gasteiger partial charge on any atom is -0.478 e. The van der Waals surface area contributed by atoms with E-state index in [4.69, 9.17) is 10.2 Å². The van der Waals surface area contributed by atoms with Crippen LogP contribution in [0.15, 0.2) is 77.3 Å². The Morgan fingerprint density at radius 1 is 0.769 bits per heavy atom. The largest absolute Gasteiger partial charge is 0.478 e. The molecule has 9 heteroatoms. The van der Waals surface area contributed by atoms with Crippen molar-refractivity contribution in [3.05, 3.63) is 99.5 Å². The Balaban J connectivity index is 0.000000277. The van der Waals surface area contributed by atoms with Gasteiger partial charge in [0.2, 0.25) is 0 Å². The zero-order valence-electron chi connectivity index (χ0n) is 20.3. The molecule has 210 valence electrons. The van der Waals surface area contributed by atoms with Crippen molar-refractivity contribution in [2.75, 3.05) is 31.5 Å². The van der Waals surface area contributed by atoms with Crippen molar-refractivity contribution in [2.24, 2.45) is 0 Å². The van der Waals surface area contributed by atoms with E-state index in [0.29, 0.717) is 24.2 Å². The minimum atomic E-state index is -0.902. The van der Waals surface area contributed by atoms with Crippen LogP contribution >= 0.6 is 15.9 Å². The number of likely N-dealkylation sites (tertiary alicyclic amines) is 2. The topological polar surface area (TPSA) is 113 Å². The number of carboxylic acid groups (broad SMARTS) is 1. The van der Waals surface area contributed by atoms with Crippen LogP contribution in [0.3, 0.4) is 0 Å². The van der Waals surface area contributed by atoms with Gasteiger partial charge in [-0.05, 0) is 53.6 Å². The van der Waals surface area contributed by atoms with Gasteiger partial charge in [-0.1, -0.05) is 61.1 Å². The van der Waals surface area contributed by atoms with Gasteiger partial charge in [0.1, 0.15) is 0 Å². The molecule has 0 unspecified atom stereocenters. The van der Waals surface area contributed by atoms with Crippen molar-refractivity contribution in [3.63, 3.8) is 0 Å². The van der Waals surface area contributed by atoms with Gasteiger partial charge in [-0.25, -0.2) is 4.79 Å². The molecule has 3 aromatic rings. The number of aromatic carboxylic acids is 1. The van der Waals surface area contributed by atoms with Crippen molar-refractivity contribution < 1.29 is 24.9 Å². The Hall–Kier alpha value is -3.08. The average molecular weight is 601 g/mol. The molecule has 0 saturated carbocycles. The first kappa shape index (κ1) is 32.1. The quantitative estimate of drug-likeness (QED) is 0.311. The van der Waals surface area contributed by atoms with Crippen LogP contribution in [0.5, 0.6) is 0 Å². The van der Waals surface area contributed by atoms with Crippen LogP contribution in [0.25, 0.3) is 0 Å². The van der Waals surface area contributed by atoms with Crippen molar-refractivity contribution in [3.8, 4) is 0 Å². The standard InChI is InChI=1S/C17H17BrN2O2.C11H13NO3.2CH4/c18-14-2-1-3-15(8-14)19-17(22)13-6-4-12(5-7-13)9-20-10-16(21)11-20;13-10-6-12(7-10)5-8-1-3-9(4-2-8)11(14)15;;/h1-8,16,21H,9-11H2,(H,19,22);1-4,10,13H,5-7H2,(H,14,15);2*1H4. The lowest BCUT2D eigenvalue weighted by molar-refractivity contribution is -0.00307. The number of rotatable bonds is 7. The van der Waals surface area contributed by atoms with E-state index >= 15 is 0 Å². The molecule has 0 spiro atoms. The van der Waals surface area contributed by atoms with Gasteiger partial charge in [-0.15, -0.1) is 0 Å². The van der Waals surface area contributed by atoms with Crippen LogP contribution in [0.2, 0.25) is 0 Å². The Morgan fingerprint density at radius 2 is 1.23 bits per heavy atom. The molecule has 1 amide bonds. The van der Waals surface area contributed by atoms with Gasteiger partial charge < -0.3 is 20.6 Å². The highest BCUT2D eigenvalue weighted by Crippen LogP contribution is 2.18. The molecule has 39 heavy (non-hydrogen) atoms. The first-order chi connectivity index (χ1) is 17.7. The molecule has 3 aromatic carbocycles. The average Bonchev–Trinajstić information content (AvgIpc) is 2.83. The molecular weight excluding hydrogens is 562 g/mol. The third kappa shape index (κ3) is 9.56. The number of halogens is 1. The maximum Gasteiger partial charge on any atom is 0.335 e. The second-order valence-electron chi connectivity index (χ2n) is 9.36. The number of hydrogen-bond acceptors (Lipinski definition) is 6. The number of aliphatic hydroxyl groups excluding tert-OH is 2. The molecule has 0 atom stereocenters. The summed E-state index contributed by atoms with van der Waals surface area (Å²) in [7, 11) is 0. The molecule has 0 bridgehead atoms. The van der Waals surface area contributed by atoms with Gasteiger partial charge in [0.15, 0.2) is 0 Å². The van der Waals surface area contributed by atoms with E-state index in [1.807, 2.05) is 60.7 Å². The van der Waals surface area contributed by atoms with Crippen molar-refractivity contribution in [1.82, 2.24) is 9.80 Å². The van der Waals surface area contributed by atoms with E-state index in [9.17, 15) is 14.7 Å². The highest BCUT2D eigenvalue weighted by Gasteiger charge is 2.24. The Morgan fingerprint density at radius 3 is 1.64 bits per heavy atom. The summed E-state index contributed by atoms with van der Waals surface area (Å²) in [6.45, 7) is 4.46. The summed E-state index contributed by atoms with van der Waals surface area (Å²) in [5.74, 6) is -1.02. The lowest BCUT2D eigenvalue weighted by atomic mass is 10.1. The van der Waals surface area contributed by atoms with Gasteiger partial charge in [-0.3, -0.25) is 14.6 Å². The summed E-state index contributed by atoms with van der Waals surface area (Å²) in [6, 6.07) is 21.9. The molecule has 4 N–H and O–H groups in total. The monoisotopic (exact) mass is 599 g/mol. The number of aliphatic hydroxyl groups is 2. The zero-order chi connectivity index (χ0) is 26.4. The van der Waals surface area contributed by atoms with Crippen molar-refractivity contribution in [2.45, 2.75) is 40.2 Å². The van der Waals surface area contributed by atoms with Crippen LogP contribution in [-0.2, 0) is 13.1 Å². The van der Waals surface area contributed by atoms with E-state index in [0.717, 1.165) is 47.5 Å². The maximum atomic E-state index is 12.2. The molecule has 2 fully saturated rings. The molecule has 2 aliphatic heterocycles. The molecule has 2 saturated heterocycles. The number of nitrogens with zero attached hydrogens (tertiary/aromatic N) is 2. The minimum absolute atomic E-state index is 0. The van der Waals surface area contributed by atoms with Gasteiger partial charge in [0, 0.05) is 55.0 Å². The maximum absolute atomic E-state index is 12.2. The predicted molar refractivity (Wildman–Crippen MR) is 158 cm³/mol. The van der Waals surface area contributed by atoms with Gasteiger partial charge in [0.05, 0.1) is 17.8 Å². The first-order valence-electron chi connectivity index (χ1n) is 12.0. The molecule has 0 radical (unpaired) electrons. The van der Waals surface area contributed by atoms with Crippen molar-refractivity contribution >= 4 is 33.5 Å². The molecule has 8 nitrogen and oxygen atoms in total. The molecule has 0 aromatic heterocycles. The van der Waals surface area contributed by atoms with E-state index in [-0.39, 0.29) is 33.0 Å². The normalized spacial score (nSPS) is 15.4. The highest BCUT2D eigenvalue weighted by atomic mass is 79.9. The molecule has 0 aliphatic carbocycles. The third-order valence-corrected chi connectivity index (χ3v) is 6.68. The number of nitrogens with one attached hydrogen (secondary N) is 1. The number of carboxylic acids is 1. The number of amides is 1. The van der Waals surface area contributed by atoms with Crippen LogP contribution in [0.4, 0.5) is 5.69 Å². The summed E-state index contributed by atoms with van der Waals surface area (Å²) in [5.41, 5.74) is 3.92. The van der Waals surface area contributed by atoms with E-state index < -0.39 is 5.97 Å². The Labute approximate surface area is 239 Å². The summed E-state index contributed by atoms with van der Waals surface area (Å²) < 4.78 is 0.928. The number of β-amino-alcohol motifs (C(OH)–C–C–N with tert-alkyl or cyclic N) is 2. The molecular formula is C30H38BrN3O5. The molecule has 5 rings (SSSR count). The zero-order valence-corrected chi connectivity index (χ0v) is 21.8. The number of anilines is 1. The fourth-order valence-corrected chi connectivity index (χ4v) is 4.54. The Kier molecular flexibility index (Phi) is 12.3. The number of carbonyl (C=O) groups excluding carboxylic acids is 1. The van der Waals surface area contributed by atoms with Gasteiger partial charge >= 0.3 is 5.97 Å². The second kappa shape index (κ2) is 14.9. The predicted octanol–water partition coefficient (Wildman–Crippen LogP) is 4.71. The van der Waals surface area contributed by atoms with Gasteiger partial charge in [0.25, 0.3) is 5.91 Å². The number of hydrogen-bond donors (Lipinski definition) is 4. The van der Waals surface area contributed by atoms with Crippen LogP contribution < -0.4 is 5.32 Å². The SMILES string of the molecule is C.C.O=C(Nc1cccc(Br)c1)c1ccc(CN2CC(O)C2)cc1.O=C(O)c1ccc(CN2CC(O)C2)cc1. The summed E-state index contributed by atoms with van der Waals surface area (Å²) in [4.78, 5) is 27.1. The fourth-order valence-electron chi connectivity index (χ4n) is 4.14. The summed E-state index contributed by atoms with van der Waals surface area (Å²) in [6.07, 6.45) is -0.376. The van der Waals surface area contributed by atoms with Crippen LogP contribution in [0, 0.1) is 0 Å². The molecule has 2 aliphatic rings. The lowest BCUT2D eigenvalue weighted by Gasteiger charge is -2.35. The Bertz CT molecular complexity index is 1210. The van der Waals surface area contributed by atoms with Crippen LogP contribution in [0.1, 0.15) is 46.7 Å². The van der Waals surface area contributed by atoms with Gasteiger partial charge in [-0.2, -0.15) is 0 Å². The third-order valence-electron chi connectivity index (χ3n) is 6.19. The van der Waals surface area contributed by atoms with Crippen LogP contribution in [-0.4, -0.2) is 75.4 Å². The summed E-state index contributed by atoms with van der Waals surface area (Å²) >= 11 is 3.38. The number of carbonyl (C=O) groups is 2. The lowest BCUT2D eigenvalue weighted by Crippen LogP contribution is -2.49. The van der Waals surface area contributed by atoms with E-state index in [2.05, 4.69) is 31.0 Å². The summed E-state index contributed by atoms with van der Waals surface area (Å²) in [5, 5.41) is 30.0. The molecule has 2 heterocycles. The fraction of sp³-hybridized carbons (Fsp3) is 0.333. The highest BCUT2D eigenvalue weighted by molar-refractivity contribution is 9.10. The number of benzene rings is 3. The second-order valence-corrected chi connectivity index (χ2v) is 10.3. The first-order valence-corrected chi connectivity index (χ1v) is 12.8. The van der Waals surface area contributed by atoms with Crippen molar-refractivity contribution in [1.29, 1.82) is 0 Å². The smallest absolute Gasteiger partial charge is 0.335 e. The van der Waals surface area contributed by atoms with E-state index in [1.54, 1.807) is 12.1 Å².